The van der Waals surface area contributed by atoms with Crippen LogP contribution < -0.4 is 9.62 Å². The predicted molar refractivity (Wildman–Crippen MR) is 178 cm³/mol. The van der Waals surface area contributed by atoms with Crippen molar-refractivity contribution in [3.63, 3.8) is 0 Å². The molecule has 4 rings (SSSR count). The number of carbonyl (C=O) groups is 2. The molecule has 1 atom stereocenters. The average Bonchev–Trinajstić information content (AvgIpc) is 2.98. The summed E-state index contributed by atoms with van der Waals surface area (Å²) in [5.41, 5.74) is 3.60. The van der Waals surface area contributed by atoms with Gasteiger partial charge in [-0.2, -0.15) is 0 Å². The summed E-state index contributed by atoms with van der Waals surface area (Å²) in [6, 6.07) is 16.2. The number of nitrogens with one attached hydrogen (secondary N) is 1. The monoisotopic (exact) mass is 657 g/mol. The van der Waals surface area contributed by atoms with Crippen molar-refractivity contribution < 1.29 is 18.0 Å². The maximum Gasteiger partial charge on any atom is 0.264 e. The molecule has 0 spiro atoms. The fourth-order valence-corrected chi connectivity index (χ4v) is 7.68. The SMILES string of the molecule is CCC(C(=O)NC1CCCCC1)N(Cc1ccc(Cl)cc1Cl)C(=O)CN(c1ccc(C)cc1C)S(=O)(=O)c1ccc(C)cc1. The Labute approximate surface area is 271 Å². The molecule has 1 aliphatic rings. The summed E-state index contributed by atoms with van der Waals surface area (Å²) in [5, 5.41) is 3.96. The van der Waals surface area contributed by atoms with Crippen LogP contribution in [0, 0.1) is 20.8 Å². The van der Waals surface area contributed by atoms with E-state index in [0.717, 1.165) is 47.5 Å². The normalized spacial score (nSPS) is 14.6. The van der Waals surface area contributed by atoms with Gasteiger partial charge in [-0.15, -0.1) is 0 Å². The Balaban J connectivity index is 1.75. The minimum absolute atomic E-state index is 0.0106. The Morgan fingerprint density at radius 3 is 2.18 bits per heavy atom. The van der Waals surface area contributed by atoms with Crippen LogP contribution in [0.25, 0.3) is 0 Å². The molecule has 1 N–H and O–H groups in total. The first-order valence-electron chi connectivity index (χ1n) is 15.1. The van der Waals surface area contributed by atoms with E-state index in [2.05, 4.69) is 5.32 Å². The number of hydrogen-bond donors (Lipinski definition) is 1. The molecule has 1 aliphatic carbocycles. The lowest BCUT2D eigenvalue weighted by molar-refractivity contribution is -0.140. The van der Waals surface area contributed by atoms with Crippen molar-refractivity contribution in [2.45, 2.75) is 89.7 Å². The van der Waals surface area contributed by atoms with E-state index in [9.17, 15) is 18.0 Å². The molecule has 0 radical (unpaired) electrons. The van der Waals surface area contributed by atoms with Crippen molar-refractivity contribution in [2.75, 3.05) is 10.8 Å². The number of carbonyl (C=O) groups excluding carboxylic acids is 2. The van der Waals surface area contributed by atoms with Gasteiger partial charge in [-0.25, -0.2) is 8.42 Å². The Kier molecular flexibility index (Phi) is 11.4. The van der Waals surface area contributed by atoms with Gasteiger partial charge >= 0.3 is 0 Å². The molecule has 44 heavy (non-hydrogen) atoms. The standard InChI is InChI=1S/C34H41Cl2N3O4S/c1-5-31(34(41)37-28-9-7-6-8-10-28)38(21-26-14-15-27(35)20-30(26)36)33(40)22-39(32-18-13-24(3)19-25(32)4)44(42,43)29-16-11-23(2)12-17-29/h11-20,28,31H,5-10,21-22H2,1-4H3,(H,37,41). The van der Waals surface area contributed by atoms with Crippen LogP contribution >= 0.6 is 23.2 Å². The van der Waals surface area contributed by atoms with E-state index in [1.807, 2.05) is 39.8 Å². The number of amides is 2. The molecule has 1 unspecified atom stereocenters. The van der Waals surface area contributed by atoms with Crippen molar-refractivity contribution in [1.29, 1.82) is 0 Å². The van der Waals surface area contributed by atoms with Crippen molar-refractivity contribution in [3.8, 4) is 0 Å². The molecule has 3 aromatic rings. The highest BCUT2D eigenvalue weighted by Gasteiger charge is 2.35. The number of halogens is 2. The van der Waals surface area contributed by atoms with Crippen molar-refractivity contribution in [2.24, 2.45) is 0 Å². The minimum Gasteiger partial charge on any atom is -0.352 e. The zero-order valence-corrected chi connectivity index (χ0v) is 28.1. The third-order valence-corrected chi connectivity index (χ3v) is 10.6. The average molecular weight is 659 g/mol. The van der Waals surface area contributed by atoms with E-state index in [1.165, 1.54) is 4.90 Å². The summed E-state index contributed by atoms with van der Waals surface area (Å²) in [6.45, 7) is 6.98. The zero-order valence-electron chi connectivity index (χ0n) is 25.8. The molecule has 0 bridgehead atoms. The van der Waals surface area contributed by atoms with Gasteiger partial charge in [0.2, 0.25) is 11.8 Å². The number of rotatable bonds is 11. The lowest BCUT2D eigenvalue weighted by Crippen LogP contribution is -2.54. The van der Waals surface area contributed by atoms with Crippen LogP contribution in [-0.4, -0.2) is 43.8 Å². The fraction of sp³-hybridized carbons (Fsp3) is 0.412. The van der Waals surface area contributed by atoms with Crippen LogP contribution in [-0.2, 0) is 26.2 Å². The first-order valence-corrected chi connectivity index (χ1v) is 17.3. The molecule has 1 fully saturated rings. The van der Waals surface area contributed by atoms with Gasteiger partial charge in [-0.05, 0) is 81.5 Å². The first-order chi connectivity index (χ1) is 20.9. The van der Waals surface area contributed by atoms with Crippen LogP contribution in [0.4, 0.5) is 5.69 Å². The Bertz CT molecular complexity index is 1590. The van der Waals surface area contributed by atoms with Crippen LogP contribution in [0.2, 0.25) is 10.0 Å². The van der Waals surface area contributed by atoms with Crippen molar-refractivity contribution in [1.82, 2.24) is 10.2 Å². The van der Waals surface area contributed by atoms with Crippen LogP contribution in [0.15, 0.2) is 65.6 Å². The quantitative estimate of drug-likeness (QED) is 0.233. The molecular weight excluding hydrogens is 617 g/mol. The second kappa shape index (κ2) is 14.8. The van der Waals surface area contributed by atoms with Crippen molar-refractivity contribution >= 4 is 50.7 Å². The van der Waals surface area contributed by atoms with E-state index in [-0.39, 0.29) is 23.4 Å². The Morgan fingerprint density at radius 1 is 0.909 bits per heavy atom. The number of hydrogen-bond acceptors (Lipinski definition) is 4. The van der Waals surface area contributed by atoms with Gasteiger partial charge in [0.1, 0.15) is 12.6 Å². The van der Waals surface area contributed by atoms with E-state index >= 15 is 0 Å². The molecule has 1 saturated carbocycles. The third-order valence-electron chi connectivity index (χ3n) is 8.20. The fourth-order valence-electron chi connectivity index (χ4n) is 5.73. The zero-order chi connectivity index (χ0) is 32.0. The highest BCUT2D eigenvalue weighted by Crippen LogP contribution is 2.30. The minimum atomic E-state index is -4.16. The van der Waals surface area contributed by atoms with Gasteiger partial charge in [-0.1, -0.05) is 90.8 Å². The number of nitrogens with zero attached hydrogens (tertiary/aromatic N) is 2. The Morgan fingerprint density at radius 2 is 1.57 bits per heavy atom. The predicted octanol–water partition coefficient (Wildman–Crippen LogP) is 7.37. The van der Waals surface area contributed by atoms with E-state index in [0.29, 0.717) is 33.3 Å². The first kappa shape index (κ1) is 33.8. The summed E-state index contributed by atoms with van der Waals surface area (Å²) in [5.74, 6) is -0.769. The molecule has 10 heteroatoms. The van der Waals surface area contributed by atoms with Gasteiger partial charge in [0.15, 0.2) is 0 Å². The van der Waals surface area contributed by atoms with Crippen LogP contribution in [0.1, 0.15) is 67.7 Å². The maximum absolute atomic E-state index is 14.4. The topological polar surface area (TPSA) is 86.8 Å². The Hall–Kier alpha value is -3.07. The van der Waals surface area contributed by atoms with Gasteiger partial charge < -0.3 is 10.2 Å². The lowest BCUT2D eigenvalue weighted by atomic mass is 9.95. The number of aryl methyl sites for hydroxylation is 3. The molecule has 7 nitrogen and oxygen atoms in total. The molecule has 0 saturated heterocycles. The summed E-state index contributed by atoms with van der Waals surface area (Å²) >= 11 is 12.7. The van der Waals surface area contributed by atoms with Gasteiger partial charge in [0.25, 0.3) is 10.0 Å². The third kappa shape index (κ3) is 8.14. The number of anilines is 1. The molecule has 0 heterocycles. The number of benzene rings is 3. The second-order valence-electron chi connectivity index (χ2n) is 11.6. The van der Waals surface area contributed by atoms with E-state index in [4.69, 9.17) is 23.2 Å². The molecule has 0 aliphatic heterocycles. The summed E-state index contributed by atoms with van der Waals surface area (Å²) in [7, 11) is -4.16. The van der Waals surface area contributed by atoms with Gasteiger partial charge in [0, 0.05) is 22.6 Å². The van der Waals surface area contributed by atoms with Gasteiger partial charge in [0.05, 0.1) is 10.6 Å². The molecule has 236 valence electrons. The van der Waals surface area contributed by atoms with Gasteiger partial charge in [-0.3, -0.25) is 13.9 Å². The summed E-state index contributed by atoms with van der Waals surface area (Å²) < 4.78 is 29.5. The van der Waals surface area contributed by atoms with E-state index in [1.54, 1.807) is 48.5 Å². The molecule has 0 aromatic heterocycles. The molecule has 3 aromatic carbocycles. The maximum atomic E-state index is 14.4. The summed E-state index contributed by atoms with van der Waals surface area (Å²) in [6.07, 6.45) is 5.37. The second-order valence-corrected chi connectivity index (χ2v) is 14.3. The highest BCUT2D eigenvalue weighted by molar-refractivity contribution is 7.92. The van der Waals surface area contributed by atoms with E-state index < -0.39 is 28.5 Å². The number of sulfonamides is 1. The highest BCUT2D eigenvalue weighted by atomic mass is 35.5. The van der Waals surface area contributed by atoms with Crippen molar-refractivity contribution in [3.05, 3.63) is 93.0 Å². The molecular formula is C34H41Cl2N3O4S. The smallest absolute Gasteiger partial charge is 0.264 e. The lowest BCUT2D eigenvalue weighted by Gasteiger charge is -2.35. The van der Waals surface area contributed by atoms with Crippen LogP contribution in [0.5, 0.6) is 0 Å². The largest absolute Gasteiger partial charge is 0.352 e. The summed E-state index contributed by atoms with van der Waals surface area (Å²) in [4.78, 5) is 29.6. The van der Waals surface area contributed by atoms with Crippen LogP contribution in [0.3, 0.4) is 0 Å². The molecule has 2 amide bonds.